The third-order valence-corrected chi connectivity index (χ3v) is 5.35. The summed E-state index contributed by atoms with van der Waals surface area (Å²) >= 11 is 0. The monoisotopic (exact) mass is 272 g/mol. The summed E-state index contributed by atoms with van der Waals surface area (Å²) in [6.45, 7) is 2.23. The summed E-state index contributed by atoms with van der Waals surface area (Å²) in [6, 6.07) is 0. The normalized spacial score (nSPS) is 19.2. The molecular weight excluding hydrogens is 252 g/mol. The summed E-state index contributed by atoms with van der Waals surface area (Å²) in [7, 11) is -1.40. The van der Waals surface area contributed by atoms with Crippen molar-refractivity contribution in [1.29, 1.82) is 0 Å². The predicted octanol–water partition coefficient (Wildman–Crippen LogP) is 0.420. The van der Waals surface area contributed by atoms with Crippen LogP contribution in [0.15, 0.2) is 17.3 Å². The van der Waals surface area contributed by atoms with E-state index >= 15 is 0 Å². The van der Waals surface area contributed by atoms with Gasteiger partial charge in [-0.05, 0) is 38.8 Å². The Kier molecular flexibility index (Phi) is 4.36. The molecular formula is C11H20N4O2S. The first kappa shape index (κ1) is 13.5. The Bertz CT molecular complexity index is 449. The van der Waals surface area contributed by atoms with E-state index in [1.165, 1.54) is 12.4 Å². The van der Waals surface area contributed by atoms with Gasteiger partial charge in [0.15, 0.2) is 0 Å². The van der Waals surface area contributed by atoms with Crippen LogP contribution in [0.4, 0.5) is 0 Å². The lowest BCUT2D eigenvalue weighted by atomic mass is 9.95. The number of nitrogens with one attached hydrogen (secondary N) is 2. The van der Waals surface area contributed by atoms with Crippen molar-refractivity contribution in [3.05, 3.63) is 12.4 Å². The van der Waals surface area contributed by atoms with Crippen molar-refractivity contribution in [3.63, 3.8) is 0 Å². The highest BCUT2D eigenvalue weighted by atomic mass is 32.2. The van der Waals surface area contributed by atoms with E-state index in [0.717, 1.165) is 25.8 Å². The van der Waals surface area contributed by atoms with E-state index in [2.05, 4.69) is 15.5 Å². The first-order chi connectivity index (χ1) is 8.64. The zero-order chi connectivity index (χ0) is 13.0. The maximum atomic E-state index is 12.2. The predicted molar refractivity (Wildman–Crippen MR) is 68.6 cm³/mol. The summed E-state index contributed by atoms with van der Waals surface area (Å²) in [6.07, 6.45) is 5.80. The molecule has 0 saturated carbocycles. The van der Waals surface area contributed by atoms with Gasteiger partial charge in [0.25, 0.3) is 0 Å². The fourth-order valence-electron chi connectivity index (χ4n) is 2.32. The fraction of sp³-hybridized carbons (Fsp3) is 0.727. The molecule has 102 valence electrons. The van der Waals surface area contributed by atoms with E-state index in [0.29, 0.717) is 19.0 Å². The fourth-order valence-corrected chi connectivity index (χ4v) is 3.69. The van der Waals surface area contributed by atoms with Gasteiger partial charge in [-0.3, -0.25) is 5.10 Å². The zero-order valence-corrected chi connectivity index (χ0v) is 11.4. The molecule has 1 aromatic heterocycles. The smallest absolute Gasteiger partial charge is 0.246 e. The number of sulfonamides is 1. The molecule has 1 aliphatic rings. The van der Waals surface area contributed by atoms with Gasteiger partial charge in [-0.1, -0.05) is 0 Å². The Hall–Kier alpha value is -0.920. The van der Waals surface area contributed by atoms with Crippen LogP contribution in [0, 0.1) is 5.92 Å². The van der Waals surface area contributed by atoms with Crippen LogP contribution >= 0.6 is 0 Å². The average Bonchev–Trinajstić information content (AvgIpc) is 2.91. The molecule has 0 aliphatic carbocycles. The molecule has 0 aromatic carbocycles. The molecule has 18 heavy (non-hydrogen) atoms. The van der Waals surface area contributed by atoms with Crippen LogP contribution in [0.3, 0.4) is 0 Å². The number of hydrogen-bond acceptors (Lipinski definition) is 4. The third kappa shape index (κ3) is 2.90. The minimum Gasteiger partial charge on any atom is -0.320 e. The van der Waals surface area contributed by atoms with E-state index in [9.17, 15) is 8.42 Å². The lowest BCUT2D eigenvalue weighted by Crippen LogP contribution is -2.38. The molecule has 2 rings (SSSR count). The minimum absolute atomic E-state index is 0.260. The first-order valence-corrected chi connectivity index (χ1v) is 7.72. The molecule has 7 heteroatoms. The number of aromatic amines is 1. The molecule has 0 unspecified atom stereocenters. The molecule has 0 amide bonds. The second-order valence-corrected chi connectivity index (χ2v) is 6.61. The van der Waals surface area contributed by atoms with Crippen molar-refractivity contribution in [2.24, 2.45) is 5.92 Å². The molecule has 2 N–H and O–H groups in total. The average molecular weight is 272 g/mol. The topological polar surface area (TPSA) is 78.1 Å². The van der Waals surface area contributed by atoms with Gasteiger partial charge in [-0.2, -0.15) is 9.40 Å². The minimum atomic E-state index is -3.34. The molecule has 0 radical (unpaired) electrons. The molecule has 0 atom stereocenters. The zero-order valence-electron chi connectivity index (χ0n) is 10.6. The first-order valence-electron chi connectivity index (χ1n) is 6.28. The lowest BCUT2D eigenvalue weighted by Gasteiger charge is -2.30. The van der Waals surface area contributed by atoms with Crippen molar-refractivity contribution in [2.75, 3.05) is 26.7 Å². The van der Waals surface area contributed by atoms with E-state index in [1.54, 1.807) is 4.31 Å². The highest BCUT2D eigenvalue weighted by molar-refractivity contribution is 7.89. The Morgan fingerprint density at radius 3 is 2.78 bits per heavy atom. The number of rotatable bonds is 5. The largest absolute Gasteiger partial charge is 0.320 e. The summed E-state index contributed by atoms with van der Waals surface area (Å²) in [5.74, 6) is 0.633. The number of hydrogen-bond donors (Lipinski definition) is 2. The van der Waals surface area contributed by atoms with E-state index < -0.39 is 10.0 Å². The van der Waals surface area contributed by atoms with Crippen molar-refractivity contribution < 1.29 is 8.42 Å². The summed E-state index contributed by atoms with van der Waals surface area (Å²) in [5.41, 5.74) is 0. The molecule has 1 saturated heterocycles. The lowest BCUT2D eigenvalue weighted by molar-refractivity contribution is 0.263. The van der Waals surface area contributed by atoms with Gasteiger partial charge in [0, 0.05) is 19.3 Å². The van der Waals surface area contributed by atoms with Gasteiger partial charge < -0.3 is 5.32 Å². The molecule has 0 spiro atoms. The van der Waals surface area contributed by atoms with Gasteiger partial charge >= 0.3 is 0 Å². The second-order valence-electron chi connectivity index (χ2n) is 4.67. The van der Waals surface area contributed by atoms with Crippen LogP contribution in [-0.4, -0.2) is 49.6 Å². The molecule has 1 aliphatic heterocycles. The van der Waals surface area contributed by atoms with Gasteiger partial charge in [0.2, 0.25) is 10.0 Å². The molecule has 1 fully saturated rings. The van der Waals surface area contributed by atoms with E-state index in [-0.39, 0.29) is 4.90 Å². The number of aromatic nitrogens is 2. The van der Waals surface area contributed by atoms with Crippen LogP contribution in [0.5, 0.6) is 0 Å². The molecule has 6 nitrogen and oxygen atoms in total. The highest BCUT2D eigenvalue weighted by Crippen LogP contribution is 2.24. The number of H-pyrrole nitrogens is 1. The van der Waals surface area contributed by atoms with Gasteiger partial charge in [0.05, 0.1) is 6.20 Å². The number of piperidine rings is 1. The van der Waals surface area contributed by atoms with Gasteiger partial charge in [0.1, 0.15) is 4.90 Å². The molecule has 2 heterocycles. The van der Waals surface area contributed by atoms with Crippen LogP contribution < -0.4 is 5.32 Å². The number of nitrogens with zero attached hydrogens (tertiary/aromatic N) is 2. The Labute approximate surface area is 108 Å². The van der Waals surface area contributed by atoms with E-state index in [1.807, 2.05) is 7.05 Å². The SMILES string of the molecule is CNCCC1CCN(S(=O)(=O)c2cn[nH]c2)CC1. The van der Waals surface area contributed by atoms with Crippen molar-refractivity contribution in [1.82, 2.24) is 19.8 Å². The second kappa shape index (κ2) is 5.81. The van der Waals surface area contributed by atoms with Crippen LogP contribution in [0.1, 0.15) is 19.3 Å². The highest BCUT2D eigenvalue weighted by Gasteiger charge is 2.29. The quantitative estimate of drug-likeness (QED) is 0.814. The summed E-state index contributed by atoms with van der Waals surface area (Å²) in [5, 5.41) is 9.38. The van der Waals surface area contributed by atoms with Crippen LogP contribution in [-0.2, 0) is 10.0 Å². The van der Waals surface area contributed by atoms with Gasteiger partial charge in [-0.15, -0.1) is 0 Å². The third-order valence-electron chi connectivity index (χ3n) is 3.49. The van der Waals surface area contributed by atoms with Crippen molar-refractivity contribution >= 4 is 10.0 Å². The van der Waals surface area contributed by atoms with Gasteiger partial charge in [-0.25, -0.2) is 8.42 Å². The maximum absolute atomic E-state index is 12.2. The summed E-state index contributed by atoms with van der Waals surface area (Å²) < 4.78 is 26.0. The Balaban J connectivity index is 1.94. The molecule has 1 aromatic rings. The summed E-state index contributed by atoms with van der Waals surface area (Å²) in [4.78, 5) is 0.260. The standard InChI is InChI=1S/C11H20N4O2S/c1-12-5-2-10-3-6-15(7-4-10)18(16,17)11-8-13-14-9-11/h8-10,12H,2-7H2,1H3,(H,13,14). The Morgan fingerprint density at radius 2 is 2.22 bits per heavy atom. The Morgan fingerprint density at radius 1 is 1.50 bits per heavy atom. The molecule has 0 bridgehead atoms. The van der Waals surface area contributed by atoms with E-state index in [4.69, 9.17) is 0 Å². The maximum Gasteiger partial charge on any atom is 0.246 e. The van der Waals surface area contributed by atoms with Crippen LogP contribution in [0.25, 0.3) is 0 Å². The van der Waals surface area contributed by atoms with Crippen molar-refractivity contribution in [2.45, 2.75) is 24.2 Å². The van der Waals surface area contributed by atoms with Crippen molar-refractivity contribution in [3.8, 4) is 0 Å². The van der Waals surface area contributed by atoms with Crippen LogP contribution in [0.2, 0.25) is 0 Å².